The first-order valence-electron chi connectivity index (χ1n) is 10.5. The van der Waals surface area contributed by atoms with Gasteiger partial charge in [-0.2, -0.15) is 10.4 Å². The van der Waals surface area contributed by atoms with E-state index in [1.165, 1.54) is 0 Å². The normalized spacial score (nSPS) is 15.8. The number of nitrogens with zero attached hydrogens (tertiary/aromatic N) is 5. The van der Waals surface area contributed by atoms with E-state index in [9.17, 15) is 9.90 Å². The van der Waals surface area contributed by atoms with Crippen molar-refractivity contribution in [2.45, 2.75) is 13.3 Å². The highest BCUT2D eigenvalue weighted by molar-refractivity contribution is 6.00. The van der Waals surface area contributed by atoms with Crippen molar-refractivity contribution in [1.29, 1.82) is 5.26 Å². The lowest BCUT2D eigenvalue weighted by molar-refractivity contribution is 0.0691. The second-order valence-electron chi connectivity index (χ2n) is 8.00. The Morgan fingerprint density at radius 1 is 1.12 bits per heavy atom. The predicted octanol–water partition coefficient (Wildman–Crippen LogP) is 4.44. The molecule has 0 bridgehead atoms. The monoisotopic (exact) mass is 423 g/mol. The zero-order valence-electron chi connectivity index (χ0n) is 17.6. The van der Waals surface area contributed by atoms with Gasteiger partial charge in [0.1, 0.15) is 0 Å². The molecule has 1 saturated heterocycles. The number of para-hydroxylation sites is 1. The van der Waals surface area contributed by atoms with Gasteiger partial charge in [0.15, 0.2) is 11.3 Å². The van der Waals surface area contributed by atoms with Crippen LogP contribution in [0.25, 0.3) is 27.8 Å². The highest BCUT2D eigenvalue weighted by atomic mass is 16.4. The van der Waals surface area contributed by atoms with Crippen LogP contribution in [0, 0.1) is 24.2 Å². The minimum Gasteiger partial charge on any atom is -0.477 e. The number of hydrogen-bond acceptors (Lipinski definition) is 5. The third kappa shape index (κ3) is 3.36. The lowest BCUT2D eigenvalue weighted by Gasteiger charge is -2.18. The summed E-state index contributed by atoms with van der Waals surface area (Å²) < 4.78 is 1.70. The summed E-state index contributed by atoms with van der Waals surface area (Å²) in [4.78, 5) is 18.5. The second-order valence-corrected chi connectivity index (χ2v) is 8.00. The molecule has 0 unspecified atom stereocenters. The predicted molar refractivity (Wildman–Crippen MR) is 122 cm³/mol. The molecular formula is C25H21N5O2. The van der Waals surface area contributed by atoms with Crippen LogP contribution in [0.3, 0.4) is 0 Å². The first-order valence-corrected chi connectivity index (χ1v) is 10.5. The summed E-state index contributed by atoms with van der Waals surface area (Å²) in [6.07, 6.45) is 0.878. The fourth-order valence-electron chi connectivity index (χ4n) is 4.33. The van der Waals surface area contributed by atoms with Gasteiger partial charge in [0.05, 0.1) is 28.8 Å². The first kappa shape index (κ1) is 19.8. The molecule has 7 nitrogen and oxygen atoms in total. The van der Waals surface area contributed by atoms with Gasteiger partial charge in [0.25, 0.3) is 0 Å². The highest BCUT2D eigenvalue weighted by Gasteiger charge is 2.23. The number of fused-ring (bicyclic) bond motifs is 1. The molecule has 0 saturated carbocycles. The van der Waals surface area contributed by atoms with E-state index in [0.717, 1.165) is 53.1 Å². The molecule has 1 aliphatic heterocycles. The Bertz CT molecular complexity index is 1350. The van der Waals surface area contributed by atoms with Gasteiger partial charge >= 0.3 is 5.97 Å². The van der Waals surface area contributed by atoms with E-state index in [1.807, 2.05) is 61.5 Å². The van der Waals surface area contributed by atoms with Crippen LogP contribution in [-0.4, -0.2) is 38.9 Å². The minimum absolute atomic E-state index is 0.0231. The number of anilines is 1. The highest BCUT2D eigenvalue weighted by Crippen LogP contribution is 2.34. The van der Waals surface area contributed by atoms with E-state index in [1.54, 1.807) is 10.7 Å². The standard InChI is InChI=1S/C25H21N5O2/c1-16-23-21(18-7-9-19(10-8-18)29-12-11-17(14-26)15-29)13-22(25(31)32)27-24(23)30(28-16)20-5-3-2-4-6-20/h2-10,13,17H,11-12,15H2,1H3,(H,31,32)/t17-/m1/s1. The van der Waals surface area contributed by atoms with Crippen LogP contribution in [0.1, 0.15) is 22.6 Å². The van der Waals surface area contributed by atoms with Gasteiger partial charge in [0.2, 0.25) is 0 Å². The van der Waals surface area contributed by atoms with Crippen molar-refractivity contribution in [3.05, 3.63) is 72.1 Å². The lowest BCUT2D eigenvalue weighted by Crippen LogP contribution is -2.18. The number of aryl methyl sites for hydroxylation is 1. The maximum atomic E-state index is 11.8. The third-order valence-electron chi connectivity index (χ3n) is 5.95. The number of aromatic nitrogens is 3. The number of carboxylic acids is 1. The van der Waals surface area contributed by atoms with Crippen LogP contribution >= 0.6 is 0 Å². The molecule has 3 heterocycles. The molecule has 0 spiro atoms. The van der Waals surface area contributed by atoms with Crippen LogP contribution in [0.15, 0.2) is 60.7 Å². The summed E-state index contributed by atoms with van der Waals surface area (Å²) in [6, 6.07) is 21.6. The van der Waals surface area contributed by atoms with Gasteiger partial charge in [-0.15, -0.1) is 0 Å². The van der Waals surface area contributed by atoms with Crippen LogP contribution in [-0.2, 0) is 0 Å². The Labute approximate surface area is 185 Å². The Balaban J connectivity index is 1.63. The second kappa shape index (κ2) is 7.82. The van der Waals surface area contributed by atoms with Crippen LogP contribution < -0.4 is 4.90 Å². The van der Waals surface area contributed by atoms with Gasteiger partial charge < -0.3 is 10.0 Å². The summed E-state index contributed by atoms with van der Waals surface area (Å²) >= 11 is 0. The Kier molecular flexibility index (Phi) is 4.83. The fraction of sp³-hybridized carbons (Fsp3) is 0.200. The lowest BCUT2D eigenvalue weighted by atomic mass is 10.0. The molecule has 7 heteroatoms. The summed E-state index contributed by atoms with van der Waals surface area (Å²) in [5.74, 6) is -1.01. The summed E-state index contributed by atoms with van der Waals surface area (Å²) in [6.45, 7) is 3.51. The average Bonchev–Trinajstić information content (AvgIpc) is 3.44. The molecular weight excluding hydrogens is 402 g/mol. The first-order chi connectivity index (χ1) is 15.5. The molecule has 1 fully saturated rings. The van der Waals surface area contributed by atoms with Crippen molar-refractivity contribution in [3.8, 4) is 22.9 Å². The Morgan fingerprint density at radius 3 is 2.53 bits per heavy atom. The van der Waals surface area contributed by atoms with E-state index >= 15 is 0 Å². The van der Waals surface area contributed by atoms with Gasteiger partial charge in [-0.05, 0) is 54.8 Å². The summed E-state index contributed by atoms with van der Waals surface area (Å²) in [5.41, 5.74) is 4.85. The molecule has 2 aromatic carbocycles. The molecule has 158 valence electrons. The maximum Gasteiger partial charge on any atom is 0.354 e. The van der Waals surface area contributed by atoms with E-state index in [4.69, 9.17) is 5.26 Å². The van der Waals surface area contributed by atoms with Crippen LogP contribution in [0.2, 0.25) is 0 Å². The van der Waals surface area contributed by atoms with Gasteiger partial charge in [-0.1, -0.05) is 30.3 Å². The maximum absolute atomic E-state index is 11.8. The summed E-state index contributed by atoms with van der Waals surface area (Å²) in [7, 11) is 0. The SMILES string of the molecule is Cc1nn(-c2ccccc2)c2nc(C(=O)O)cc(-c3ccc(N4CC[C@H](C#N)C4)cc3)c12. The number of carboxylic acid groups (broad SMARTS) is 1. The largest absolute Gasteiger partial charge is 0.477 e. The van der Waals surface area contributed by atoms with E-state index in [0.29, 0.717) is 5.65 Å². The molecule has 1 atom stereocenters. The fourth-order valence-corrected chi connectivity index (χ4v) is 4.33. The number of rotatable bonds is 4. The topological polar surface area (TPSA) is 95.0 Å². The molecule has 32 heavy (non-hydrogen) atoms. The molecule has 1 N–H and O–H groups in total. The van der Waals surface area contributed by atoms with Crippen LogP contribution in [0.4, 0.5) is 5.69 Å². The van der Waals surface area contributed by atoms with Crippen LogP contribution in [0.5, 0.6) is 0 Å². The quantitative estimate of drug-likeness (QED) is 0.521. The van der Waals surface area contributed by atoms with Crippen molar-refractivity contribution >= 4 is 22.7 Å². The van der Waals surface area contributed by atoms with Gasteiger partial charge in [-0.3, -0.25) is 0 Å². The van der Waals surface area contributed by atoms with Crippen molar-refractivity contribution in [2.75, 3.05) is 18.0 Å². The van der Waals surface area contributed by atoms with E-state index < -0.39 is 5.97 Å². The zero-order chi connectivity index (χ0) is 22.2. The molecule has 0 aliphatic carbocycles. The number of nitriles is 1. The molecule has 5 rings (SSSR count). The molecule has 2 aromatic heterocycles. The van der Waals surface area contributed by atoms with Crippen molar-refractivity contribution in [2.24, 2.45) is 5.92 Å². The minimum atomic E-state index is -1.08. The number of carbonyl (C=O) groups is 1. The smallest absolute Gasteiger partial charge is 0.354 e. The Hall–Kier alpha value is -4.18. The Morgan fingerprint density at radius 2 is 1.88 bits per heavy atom. The van der Waals surface area contributed by atoms with E-state index in [2.05, 4.69) is 21.1 Å². The third-order valence-corrected chi connectivity index (χ3v) is 5.95. The van der Waals surface area contributed by atoms with Crippen molar-refractivity contribution < 1.29 is 9.90 Å². The van der Waals surface area contributed by atoms with Gasteiger partial charge in [0, 0.05) is 18.8 Å². The molecule has 0 radical (unpaired) electrons. The number of benzene rings is 2. The number of hydrogen-bond donors (Lipinski definition) is 1. The van der Waals surface area contributed by atoms with Gasteiger partial charge in [-0.25, -0.2) is 14.5 Å². The van der Waals surface area contributed by atoms with E-state index in [-0.39, 0.29) is 11.6 Å². The molecule has 0 amide bonds. The average molecular weight is 423 g/mol. The zero-order valence-corrected chi connectivity index (χ0v) is 17.6. The summed E-state index contributed by atoms with van der Waals surface area (Å²) in [5, 5.41) is 24.4. The molecule has 1 aliphatic rings. The van der Waals surface area contributed by atoms with Crippen molar-refractivity contribution in [3.63, 3.8) is 0 Å². The molecule has 4 aromatic rings. The number of aromatic carboxylic acids is 1. The van der Waals surface area contributed by atoms with Crippen molar-refractivity contribution in [1.82, 2.24) is 14.8 Å². The number of pyridine rings is 1.